The maximum absolute atomic E-state index is 6.25. The van der Waals surface area contributed by atoms with E-state index >= 15 is 0 Å². The number of anilines is 2. The van der Waals surface area contributed by atoms with Crippen LogP contribution < -0.4 is 11.5 Å². The van der Waals surface area contributed by atoms with Crippen LogP contribution in [0.25, 0.3) is 0 Å². The second-order valence-corrected chi connectivity index (χ2v) is 7.28. The van der Waals surface area contributed by atoms with E-state index in [9.17, 15) is 0 Å². The number of benzene rings is 2. The lowest BCUT2D eigenvalue weighted by Gasteiger charge is -2.28. The van der Waals surface area contributed by atoms with Crippen molar-refractivity contribution in [1.82, 2.24) is 4.90 Å². The standard InChI is InChI=1S/C20H28BrN3/c1-4-24(3)17(12-11-15-7-5-6-8-18(15)21)13-16-10-9-14(2)19(22)20(16)23/h5-10,17H,4,11-13,22-23H2,1-3H3. The van der Waals surface area contributed by atoms with Crippen molar-refractivity contribution in [3.05, 3.63) is 57.6 Å². The molecular formula is C20H28BrN3. The summed E-state index contributed by atoms with van der Waals surface area (Å²) in [5.41, 5.74) is 17.4. The fraction of sp³-hybridized carbons (Fsp3) is 0.400. The van der Waals surface area contributed by atoms with Crippen molar-refractivity contribution in [3.8, 4) is 0 Å². The first-order chi connectivity index (χ1) is 11.4. The molecule has 0 fully saturated rings. The third-order valence-corrected chi connectivity index (χ3v) is 5.65. The second kappa shape index (κ2) is 8.54. The van der Waals surface area contributed by atoms with Crippen LogP contribution in [0, 0.1) is 6.92 Å². The minimum absolute atomic E-state index is 0.437. The van der Waals surface area contributed by atoms with Gasteiger partial charge in [0.2, 0.25) is 0 Å². The molecule has 3 nitrogen and oxygen atoms in total. The van der Waals surface area contributed by atoms with Gasteiger partial charge in [-0.05, 0) is 62.5 Å². The third kappa shape index (κ3) is 4.52. The molecule has 1 atom stereocenters. The molecule has 0 bridgehead atoms. The summed E-state index contributed by atoms with van der Waals surface area (Å²) < 4.78 is 1.18. The lowest BCUT2D eigenvalue weighted by atomic mass is 9.95. The van der Waals surface area contributed by atoms with Crippen molar-refractivity contribution in [1.29, 1.82) is 0 Å². The smallest absolute Gasteiger partial charge is 0.0583 e. The number of halogens is 1. The Morgan fingerprint density at radius 1 is 1.04 bits per heavy atom. The molecule has 4 N–H and O–H groups in total. The van der Waals surface area contributed by atoms with Crippen LogP contribution in [-0.2, 0) is 12.8 Å². The molecular weight excluding hydrogens is 362 g/mol. The van der Waals surface area contributed by atoms with E-state index in [2.05, 4.69) is 71.2 Å². The molecule has 0 radical (unpaired) electrons. The quantitative estimate of drug-likeness (QED) is 0.689. The van der Waals surface area contributed by atoms with Crippen LogP contribution in [0.3, 0.4) is 0 Å². The molecule has 2 aromatic rings. The normalized spacial score (nSPS) is 12.5. The molecule has 0 amide bonds. The summed E-state index contributed by atoms with van der Waals surface area (Å²) in [4.78, 5) is 2.40. The Hall–Kier alpha value is -1.52. The van der Waals surface area contributed by atoms with Crippen molar-refractivity contribution < 1.29 is 0 Å². The van der Waals surface area contributed by atoms with Crippen molar-refractivity contribution in [2.45, 2.75) is 39.2 Å². The Bertz CT molecular complexity index is 685. The van der Waals surface area contributed by atoms with E-state index in [0.29, 0.717) is 6.04 Å². The first-order valence-corrected chi connectivity index (χ1v) is 9.30. The van der Waals surface area contributed by atoms with Gasteiger partial charge in [-0.15, -0.1) is 0 Å². The largest absolute Gasteiger partial charge is 0.397 e. The van der Waals surface area contributed by atoms with Crippen LogP contribution in [0.2, 0.25) is 0 Å². The number of likely N-dealkylation sites (N-methyl/N-ethyl adjacent to an activating group) is 1. The number of hydrogen-bond acceptors (Lipinski definition) is 3. The lowest BCUT2D eigenvalue weighted by Crippen LogP contribution is -2.34. The minimum Gasteiger partial charge on any atom is -0.397 e. The van der Waals surface area contributed by atoms with Gasteiger partial charge in [0.25, 0.3) is 0 Å². The summed E-state index contributed by atoms with van der Waals surface area (Å²) in [5, 5.41) is 0. The highest BCUT2D eigenvalue weighted by Crippen LogP contribution is 2.27. The van der Waals surface area contributed by atoms with Crippen LogP contribution in [0.15, 0.2) is 40.9 Å². The number of nitrogen functional groups attached to an aromatic ring is 2. The zero-order chi connectivity index (χ0) is 17.7. The average Bonchev–Trinajstić information content (AvgIpc) is 2.59. The van der Waals surface area contributed by atoms with Crippen molar-refractivity contribution in [2.24, 2.45) is 0 Å². The van der Waals surface area contributed by atoms with Crippen molar-refractivity contribution in [3.63, 3.8) is 0 Å². The molecule has 0 saturated carbocycles. The molecule has 2 rings (SSSR count). The van der Waals surface area contributed by atoms with Crippen LogP contribution in [-0.4, -0.2) is 24.5 Å². The molecule has 0 spiro atoms. The number of nitrogens with zero attached hydrogens (tertiary/aromatic N) is 1. The Morgan fingerprint density at radius 2 is 1.75 bits per heavy atom. The third-order valence-electron chi connectivity index (χ3n) is 4.88. The predicted octanol–water partition coefficient (Wildman–Crippen LogP) is 4.42. The lowest BCUT2D eigenvalue weighted by molar-refractivity contribution is 0.240. The highest BCUT2D eigenvalue weighted by molar-refractivity contribution is 9.10. The molecule has 130 valence electrons. The van der Waals surface area contributed by atoms with E-state index in [4.69, 9.17) is 11.5 Å². The summed E-state index contributed by atoms with van der Waals surface area (Å²) in [6, 6.07) is 13.1. The molecule has 2 aromatic carbocycles. The number of nitrogens with two attached hydrogens (primary N) is 2. The highest BCUT2D eigenvalue weighted by Gasteiger charge is 2.17. The van der Waals surface area contributed by atoms with Crippen molar-refractivity contribution >= 4 is 27.3 Å². The monoisotopic (exact) mass is 389 g/mol. The number of rotatable bonds is 7. The van der Waals surface area contributed by atoms with Gasteiger partial charge in [0.05, 0.1) is 11.4 Å². The van der Waals surface area contributed by atoms with Crippen LogP contribution in [0.4, 0.5) is 11.4 Å². The maximum atomic E-state index is 6.25. The Morgan fingerprint density at radius 3 is 2.42 bits per heavy atom. The zero-order valence-electron chi connectivity index (χ0n) is 14.8. The number of aryl methyl sites for hydroxylation is 2. The molecule has 0 heterocycles. The summed E-state index contributed by atoms with van der Waals surface area (Å²) in [6.45, 7) is 5.21. The Kier molecular flexibility index (Phi) is 6.69. The predicted molar refractivity (Wildman–Crippen MR) is 108 cm³/mol. The van der Waals surface area contributed by atoms with Gasteiger partial charge in [-0.3, -0.25) is 0 Å². The van der Waals surface area contributed by atoms with E-state index in [-0.39, 0.29) is 0 Å². The first kappa shape index (κ1) is 18.8. The van der Waals surface area contributed by atoms with Gasteiger partial charge in [0.15, 0.2) is 0 Å². The molecule has 0 aliphatic carbocycles. The van der Waals surface area contributed by atoms with Gasteiger partial charge < -0.3 is 16.4 Å². The van der Waals surface area contributed by atoms with Crippen LogP contribution in [0.5, 0.6) is 0 Å². The highest BCUT2D eigenvalue weighted by atomic mass is 79.9. The van der Waals surface area contributed by atoms with Gasteiger partial charge in [0.1, 0.15) is 0 Å². The first-order valence-electron chi connectivity index (χ1n) is 8.51. The van der Waals surface area contributed by atoms with Gasteiger partial charge in [-0.25, -0.2) is 0 Å². The average molecular weight is 390 g/mol. The molecule has 4 heteroatoms. The fourth-order valence-electron chi connectivity index (χ4n) is 2.98. The molecule has 0 saturated heterocycles. The van der Waals surface area contributed by atoms with Crippen molar-refractivity contribution in [2.75, 3.05) is 25.1 Å². The molecule has 0 aliphatic rings. The second-order valence-electron chi connectivity index (χ2n) is 6.43. The summed E-state index contributed by atoms with van der Waals surface area (Å²) in [6.07, 6.45) is 3.04. The van der Waals surface area contributed by atoms with Crippen LogP contribution >= 0.6 is 15.9 Å². The molecule has 0 aliphatic heterocycles. The Balaban J connectivity index is 2.14. The van der Waals surface area contributed by atoms with E-state index in [1.807, 2.05) is 6.92 Å². The fourth-order valence-corrected chi connectivity index (χ4v) is 3.47. The summed E-state index contributed by atoms with van der Waals surface area (Å²) >= 11 is 3.65. The summed E-state index contributed by atoms with van der Waals surface area (Å²) in [7, 11) is 2.18. The SMILES string of the molecule is CCN(C)C(CCc1ccccc1Br)Cc1ccc(C)c(N)c1N. The van der Waals surface area contributed by atoms with E-state index in [1.54, 1.807) is 0 Å². The van der Waals surface area contributed by atoms with Gasteiger partial charge in [0, 0.05) is 10.5 Å². The van der Waals surface area contributed by atoms with Gasteiger partial charge in [-0.2, -0.15) is 0 Å². The molecule has 1 unspecified atom stereocenters. The number of hydrogen-bond donors (Lipinski definition) is 2. The van der Waals surface area contributed by atoms with Gasteiger partial charge in [-0.1, -0.05) is 53.2 Å². The van der Waals surface area contributed by atoms with E-state index < -0.39 is 0 Å². The Labute approximate surface area is 154 Å². The van der Waals surface area contributed by atoms with E-state index in [0.717, 1.165) is 48.3 Å². The molecule has 0 aromatic heterocycles. The zero-order valence-corrected chi connectivity index (χ0v) is 16.4. The summed E-state index contributed by atoms with van der Waals surface area (Å²) in [5.74, 6) is 0. The van der Waals surface area contributed by atoms with Crippen LogP contribution in [0.1, 0.15) is 30.0 Å². The molecule has 24 heavy (non-hydrogen) atoms. The maximum Gasteiger partial charge on any atom is 0.0583 e. The topological polar surface area (TPSA) is 55.3 Å². The van der Waals surface area contributed by atoms with Gasteiger partial charge >= 0.3 is 0 Å². The van der Waals surface area contributed by atoms with E-state index in [1.165, 1.54) is 10.0 Å². The minimum atomic E-state index is 0.437.